The van der Waals surface area contributed by atoms with E-state index >= 15 is 0 Å². The number of benzene rings is 2. The predicted molar refractivity (Wildman–Crippen MR) is 103 cm³/mol. The second kappa shape index (κ2) is 7.63. The zero-order valence-electron chi connectivity index (χ0n) is 15.2. The second-order valence-electron chi connectivity index (χ2n) is 6.66. The lowest BCUT2D eigenvalue weighted by atomic mass is 10.1. The van der Waals surface area contributed by atoms with Crippen LogP contribution in [0.2, 0.25) is 0 Å². The molecule has 140 valence electrons. The first-order valence-electron chi connectivity index (χ1n) is 8.96. The number of hydrogen-bond donors (Lipinski definition) is 1. The second-order valence-corrected chi connectivity index (χ2v) is 8.60. The maximum atomic E-state index is 12.9. The van der Waals surface area contributed by atoms with Gasteiger partial charge in [-0.25, -0.2) is 13.2 Å². The summed E-state index contributed by atoms with van der Waals surface area (Å²) in [5.74, 6) is 0. The Morgan fingerprint density at radius 2 is 1.73 bits per heavy atom. The zero-order chi connectivity index (χ0) is 18.7. The minimum Gasteiger partial charge on any atom is -0.336 e. The molecule has 1 aliphatic rings. The highest BCUT2D eigenvalue weighted by Gasteiger charge is 2.30. The molecular formula is C19H25N3O3S. The van der Waals surface area contributed by atoms with Gasteiger partial charge in [0.05, 0.1) is 4.90 Å². The third kappa shape index (κ3) is 3.83. The minimum absolute atomic E-state index is 0.113. The number of sulfonamides is 1. The van der Waals surface area contributed by atoms with Crippen LogP contribution in [-0.4, -0.2) is 55.9 Å². The van der Waals surface area contributed by atoms with E-state index in [0.717, 1.165) is 17.2 Å². The Bertz CT molecular complexity index is 890. The lowest BCUT2D eigenvalue weighted by Gasteiger charge is -2.34. The van der Waals surface area contributed by atoms with E-state index in [0.29, 0.717) is 31.1 Å². The fourth-order valence-corrected chi connectivity index (χ4v) is 4.47. The van der Waals surface area contributed by atoms with Gasteiger partial charge >= 0.3 is 6.03 Å². The molecule has 1 fully saturated rings. The molecule has 3 rings (SSSR count). The first kappa shape index (κ1) is 18.7. The van der Waals surface area contributed by atoms with Crippen LogP contribution in [0.5, 0.6) is 0 Å². The zero-order valence-corrected chi connectivity index (χ0v) is 16.0. The molecule has 0 unspecified atom stereocenters. The van der Waals surface area contributed by atoms with E-state index in [2.05, 4.69) is 5.32 Å². The van der Waals surface area contributed by atoms with Crippen molar-refractivity contribution >= 4 is 26.8 Å². The van der Waals surface area contributed by atoms with Gasteiger partial charge in [0.15, 0.2) is 0 Å². The van der Waals surface area contributed by atoms with Gasteiger partial charge in [-0.15, -0.1) is 0 Å². The Labute approximate surface area is 154 Å². The Morgan fingerprint density at radius 1 is 1.08 bits per heavy atom. The van der Waals surface area contributed by atoms with E-state index in [9.17, 15) is 13.2 Å². The quantitative estimate of drug-likeness (QED) is 0.893. The van der Waals surface area contributed by atoms with Gasteiger partial charge in [-0.05, 0) is 36.2 Å². The SMILES string of the molecule is CC[C@H](C)NC(=O)N1CCN(S(=O)(=O)c2ccc3ccccc3c2)CC1. The van der Waals surface area contributed by atoms with Crippen LogP contribution >= 0.6 is 0 Å². The van der Waals surface area contributed by atoms with Gasteiger partial charge in [0.25, 0.3) is 0 Å². The summed E-state index contributed by atoms with van der Waals surface area (Å²) in [4.78, 5) is 14.2. The summed E-state index contributed by atoms with van der Waals surface area (Å²) in [6.45, 7) is 5.38. The van der Waals surface area contributed by atoms with Gasteiger partial charge in [0.1, 0.15) is 0 Å². The molecular weight excluding hydrogens is 350 g/mol. The number of nitrogens with one attached hydrogen (secondary N) is 1. The molecule has 6 nitrogen and oxygen atoms in total. The highest BCUT2D eigenvalue weighted by molar-refractivity contribution is 7.89. The molecule has 0 saturated carbocycles. The van der Waals surface area contributed by atoms with Crippen molar-refractivity contribution in [3.05, 3.63) is 42.5 Å². The number of piperazine rings is 1. The maximum Gasteiger partial charge on any atom is 0.317 e. The van der Waals surface area contributed by atoms with Crippen LogP contribution in [0.15, 0.2) is 47.4 Å². The third-order valence-corrected chi connectivity index (χ3v) is 6.76. The van der Waals surface area contributed by atoms with Crippen LogP contribution in [-0.2, 0) is 10.0 Å². The first-order chi connectivity index (χ1) is 12.4. The molecule has 0 radical (unpaired) electrons. The molecule has 26 heavy (non-hydrogen) atoms. The summed E-state index contributed by atoms with van der Waals surface area (Å²) >= 11 is 0. The standard InChI is InChI=1S/C19H25N3O3S/c1-3-15(2)20-19(23)21-10-12-22(13-11-21)26(24,25)18-9-8-16-6-4-5-7-17(16)14-18/h4-9,14-15H,3,10-13H2,1-2H3,(H,20,23)/t15-/m0/s1. The first-order valence-corrected chi connectivity index (χ1v) is 10.4. The van der Waals surface area contributed by atoms with Crippen LogP contribution in [0.4, 0.5) is 4.79 Å². The molecule has 1 aliphatic heterocycles. The van der Waals surface area contributed by atoms with Crippen molar-refractivity contribution in [2.45, 2.75) is 31.2 Å². The van der Waals surface area contributed by atoms with Crippen LogP contribution < -0.4 is 5.32 Å². The molecule has 0 spiro atoms. The van der Waals surface area contributed by atoms with Gasteiger partial charge in [0, 0.05) is 32.2 Å². The molecule has 1 heterocycles. The Kier molecular flexibility index (Phi) is 5.48. The average Bonchev–Trinajstić information content (AvgIpc) is 2.67. The number of hydrogen-bond acceptors (Lipinski definition) is 3. The molecule has 0 aromatic heterocycles. The summed E-state index contributed by atoms with van der Waals surface area (Å²) in [6, 6.07) is 12.9. The highest BCUT2D eigenvalue weighted by Crippen LogP contribution is 2.22. The van der Waals surface area contributed by atoms with Crippen LogP contribution in [0.1, 0.15) is 20.3 Å². The van der Waals surface area contributed by atoms with Crippen LogP contribution in [0, 0.1) is 0 Å². The number of carbonyl (C=O) groups is 1. The summed E-state index contributed by atoms with van der Waals surface area (Å²) < 4.78 is 27.3. The number of urea groups is 1. The lowest BCUT2D eigenvalue weighted by Crippen LogP contribution is -2.54. The smallest absolute Gasteiger partial charge is 0.317 e. The molecule has 0 bridgehead atoms. The van der Waals surface area contributed by atoms with Crippen LogP contribution in [0.25, 0.3) is 10.8 Å². The van der Waals surface area contributed by atoms with E-state index in [1.54, 1.807) is 17.0 Å². The van der Waals surface area contributed by atoms with Gasteiger partial charge in [-0.1, -0.05) is 37.3 Å². The monoisotopic (exact) mass is 375 g/mol. The van der Waals surface area contributed by atoms with Gasteiger partial charge in [-0.2, -0.15) is 4.31 Å². The van der Waals surface area contributed by atoms with Gasteiger partial charge in [-0.3, -0.25) is 0 Å². The molecule has 7 heteroatoms. The van der Waals surface area contributed by atoms with Crippen LogP contribution in [0.3, 0.4) is 0 Å². The summed E-state index contributed by atoms with van der Waals surface area (Å²) in [5, 5.41) is 4.84. The van der Waals surface area contributed by atoms with Crippen molar-refractivity contribution in [1.82, 2.24) is 14.5 Å². The normalized spacial score (nSPS) is 17.2. The van der Waals surface area contributed by atoms with E-state index < -0.39 is 10.0 Å². The van der Waals surface area contributed by atoms with Crippen molar-refractivity contribution in [3.63, 3.8) is 0 Å². The third-order valence-electron chi connectivity index (χ3n) is 4.87. The fraction of sp³-hybridized carbons (Fsp3) is 0.421. The van der Waals surface area contributed by atoms with E-state index in [4.69, 9.17) is 0 Å². The van der Waals surface area contributed by atoms with Crippen molar-refractivity contribution < 1.29 is 13.2 Å². The predicted octanol–water partition coefficient (Wildman–Crippen LogP) is 2.65. The molecule has 2 aromatic rings. The Morgan fingerprint density at radius 3 is 2.38 bits per heavy atom. The molecule has 0 aliphatic carbocycles. The molecule has 1 saturated heterocycles. The number of nitrogens with zero attached hydrogens (tertiary/aromatic N) is 2. The molecule has 1 N–H and O–H groups in total. The minimum atomic E-state index is -3.56. The largest absolute Gasteiger partial charge is 0.336 e. The summed E-state index contributed by atoms with van der Waals surface area (Å²) in [5.41, 5.74) is 0. The lowest BCUT2D eigenvalue weighted by molar-refractivity contribution is 0.169. The maximum absolute atomic E-state index is 12.9. The average molecular weight is 375 g/mol. The number of fused-ring (bicyclic) bond motifs is 1. The summed E-state index contributed by atoms with van der Waals surface area (Å²) in [7, 11) is -3.56. The number of carbonyl (C=O) groups excluding carboxylic acids is 1. The van der Waals surface area contributed by atoms with Crippen molar-refractivity contribution in [2.24, 2.45) is 0 Å². The summed E-state index contributed by atoms with van der Waals surface area (Å²) in [6.07, 6.45) is 0.863. The van der Waals surface area contributed by atoms with E-state index in [1.807, 2.05) is 44.2 Å². The Balaban J connectivity index is 1.70. The molecule has 2 amide bonds. The van der Waals surface area contributed by atoms with Gasteiger partial charge < -0.3 is 10.2 Å². The molecule has 2 aromatic carbocycles. The fourth-order valence-electron chi connectivity index (χ4n) is 3.01. The topological polar surface area (TPSA) is 69.7 Å². The number of rotatable bonds is 4. The van der Waals surface area contributed by atoms with Crippen molar-refractivity contribution in [3.8, 4) is 0 Å². The number of amides is 2. The van der Waals surface area contributed by atoms with Crippen molar-refractivity contribution in [1.29, 1.82) is 0 Å². The van der Waals surface area contributed by atoms with E-state index in [-0.39, 0.29) is 12.1 Å². The Hall–Kier alpha value is -2.12. The molecule has 1 atom stereocenters. The van der Waals surface area contributed by atoms with E-state index in [1.165, 1.54) is 4.31 Å². The van der Waals surface area contributed by atoms with Crippen molar-refractivity contribution in [2.75, 3.05) is 26.2 Å². The highest BCUT2D eigenvalue weighted by atomic mass is 32.2. The van der Waals surface area contributed by atoms with Gasteiger partial charge in [0.2, 0.25) is 10.0 Å².